The Morgan fingerprint density at radius 2 is 1.75 bits per heavy atom. The van der Waals surface area contributed by atoms with E-state index in [0.29, 0.717) is 12.4 Å². The van der Waals surface area contributed by atoms with Crippen molar-refractivity contribution in [3.8, 4) is 17.2 Å². The summed E-state index contributed by atoms with van der Waals surface area (Å²) >= 11 is 0. The molecule has 0 unspecified atom stereocenters. The Kier molecular flexibility index (Phi) is 5.50. The number of para-hydroxylation sites is 1. The summed E-state index contributed by atoms with van der Waals surface area (Å²) in [6.07, 6.45) is 3.65. The molecule has 90 valence electrons. The standard InChI is InChI=1S/C12H18O4/c13-8-3-1-2-4-9-16-11-7-5-6-10(14)12(11)15/h5-7,13-15H,1-4,8-9H2. The molecule has 3 N–H and O–H groups in total. The lowest BCUT2D eigenvalue weighted by Crippen LogP contribution is -1.97. The van der Waals surface area contributed by atoms with Gasteiger partial charge in [-0.15, -0.1) is 0 Å². The number of hydrogen-bond donors (Lipinski definition) is 3. The van der Waals surface area contributed by atoms with Crippen LogP contribution in [0.1, 0.15) is 25.7 Å². The Balaban J connectivity index is 2.24. The van der Waals surface area contributed by atoms with E-state index in [1.807, 2.05) is 0 Å². The van der Waals surface area contributed by atoms with Gasteiger partial charge in [0.2, 0.25) is 5.75 Å². The average molecular weight is 226 g/mol. The van der Waals surface area contributed by atoms with Crippen molar-refractivity contribution in [2.75, 3.05) is 13.2 Å². The molecule has 0 aliphatic carbocycles. The zero-order valence-corrected chi connectivity index (χ0v) is 9.22. The Morgan fingerprint density at radius 1 is 1.00 bits per heavy atom. The number of unbranched alkanes of at least 4 members (excludes halogenated alkanes) is 3. The molecule has 4 nitrogen and oxygen atoms in total. The summed E-state index contributed by atoms with van der Waals surface area (Å²) in [4.78, 5) is 0. The van der Waals surface area contributed by atoms with Gasteiger partial charge in [0, 0.05) is 6.61 Å². The Hall–Kier alpha value is -1.42. The van der Waals surface area contributed by atoms with Gasteiger partial charge < -0.3 is 20.1 Å². The molecule has 0 spiro atoms. The number of rotatable bonds is 7. The number of aromatic hydroxyl groups is 2. The van der Waals surface area contributed by atoms with Gasteiger partial charge in [-0.25, -0.2) is 0 Å². The molecular formula is C12H18O4. The average Bonchev–Trinajstić information content (AvgIpc) is 2.29. The van der Waals surface area contributed by atoms with E-state index in [1.165, 1.54) is 6.07 Å². The van der Waals surface area contributed by atoms with Gasteiger partial charge in [-0.3, -0.25) is 0 Å². The van der Waals surface area contributed by atoms with Crippen molar-refractivity contribution in [1.29, 1.82) is 0 Å². The van der Waals surface area contributed by atoms with Crippen molar-refractivity contribution in [3.05, 3.63) is 18.2 Å². The molecule has 0 atom stereocenters. The first kappa shape index (κ1) is 12.6. The fourth-order valence-electron chi connectivity index (χ4n) is 1.38. The second kappa shape index (κ2) is 6.95. The number of ether oxygens (including phenoxy) is 1. The van der Waals surface area contributed by atoms with Gasteiger partial charge in [0.05, 0.1) is 6.61 Å². The van der Waals surface area contributed by atoms with Crippen molar-refractivity contribution in [3.63, 3.8) is 0 Å². The molecule has 0 aromatic heterocycles. The minimum absolute atomic E-state index is 0.169. The van der Waals surface area contributed by atoms with Crippen molar-refractivity contribution < 1.29 is 20.1 Å². The number of benzene rings is 1. The van der Waals surface area contributed by atoms with E-state index in [0.717, 1.165) is 25.7 Å². The highest BCUT2D eigenvalue weighted by molar-refractivity contribution is 5.48. The summed E-state index contributed by atoms with van der Waals surface area (Å²) in [5.41, 5.74) is 0. The Labute approximate surface area is 95.1 Å². The largest absolute Gasteiger partial charge is 0.504 e. The minimum atomic E-state index is -0.210. The van der Waals surface area contributed by atoms with Crippen LogP contribution in [0.25, 0.3) is 0 Å². The number of aliphatic hydroxyl groups is 1. The molecule has 0 aliphatic heterocycles. The first-order valence-electron chi connectivity index (χ1n) is 5.50. The normalized spacial score (nSPS) is 10.3. The summed E-state index contributed by atoms with van der Waals surface area (Å²) in [5, 5.41) is 27.2. The summed E-state index contributed by atoms with van der Waals surface area (Å²) in [7, 11) is 0. The molecule has 0 aliphatic rings. The molecule has 0 saturated heterocycles. The highest BCUT2D eigenvalue weighted by atomic mass is 16.5. The highest BCUT2D eigenvalue weighted by Gasteiger charge is 2.05. The molecular weight excluding hydrogens is 208 g/mol. The number of phenols is 2. The lowest BCUT2D eigenvalue weighted by atomic mass is 10.2. The van der Waals surface area contributed by atoms with E-state index < -0.39 is 0 Å². The third kappa shape index (κ3) is 3.98. The molecule has 1 rings (SSSR count). The molecule has 4 heteroatoms. The molecule has 0 fully saturated rings. The first-order chi connectivity index (χ1) is 7.75. The van der Waals surface area contributed by atoms with Crippen LogP contribution < -0.4 is 4.74 Å². The van der Waals surface area contributed by atoms with E-state index in [4.69, 9.17) is 9.84 Å². The van der Waals surface area contributed by atoms with Gasteiger partial charge in [-0.2, -0.15) is 0 Å². The van der Waals surface area contributed by atoms with Crippen molar-refractivity contribution in [1.82, 2.24) is 0 Å². The van der Waals surface area contributed by atoms with Gasteiger partial charge in [0.15, 0.2) is 11.5 Å². The van der Waals surface area contributed by atoms with E-state index in [1.54, 1.807) is 12.1 Å². The SMILES string of the molecule is OCCCCCCOc1cccc(O)c1O. The zero-order chi connectivity index (χ0) is 11.8. The monoisotopic (exact) mass is 226 g/mol. The summed E-state index contributed by atoms with van der Waals surface area (Å²) in [6.45, 7) is 0.733. The fourth-order valence-corrected chi connectivity index (χ4v) is 1.38. The van der Waals surface area contributed by atoms with E-state index in [9.17, 15) is 10.2 Å². The Morgan fingerprint density at radius 3 is 2.50 bits per heavy atom. The molecule has 0 radical (unpaired) electrons. The molecule has 0 saturated carbocycles. The molecule has 0 heterocycles. The van der Waals surface area contributed by atoms with Crippen LogP contribution in [0, 0.1) is 0 Å². The number of phenolic OH excluding ortho intramolecular Hbond substituents is 2. The molecule has 1 aromatic carbocycles. The van der Waals surface area contributed by atoms with Crippen LogP contribution in [0.4, 0.5) is 0 Å². The maximum atomic E-state index is 9.43. The van der Waals surface area contributed by atoms with Gasteiger partial charge in [-0.1, -0.05) is 12.5 Å². The van der Waals surface area contributed by atoms with Crippen LogP contribution in [0.15, 0.2) is 18.2 Å². The second-order valence-corrected chi connectivity index (χ2v) is 3.61. The predicted octanol–water partition coefficient (Wildman–Crippen LogP) is 2.03. The predicted molar refractivity (Wildman–Crippen MR) is 60.8 cm³/mol. The van der Waals surface area contributed by atoms with E-state index >= 15 is 0 Å². The lowest BCUT2D eigenvalue weighted by molar-refractivity contribution is 0.268. The van der Waals surface area contributed by atoms with Crippen LogP contribution in [0.5, 0.6) is 17.2 Å². The van der Waals surface area contributed by atoms with Crippen LogP contribution in [0.2, 0.25) is 0 Å². The van der Waals surface area contributed by atoms with Crippen LogP contribution >= 0.6 is 0 Å². The third-order valence-corrected chi connectivity index (χ3v) is 2.29. The molecule has 0 bridgehead atoms. The lowest BCUT2D eigenvalue weighted by Gasteiger charge is -2.08. The van der Waals surface area contributed by atoms with Gasteiger partial charge in [-0.05, 0) is 31.4 Å². The Bertz CT molecular complexity index is 312. The maximum absolute atomic E-state index is 9.43. The number of aliphatic hydroxyl groups excluding tert-OH is 1. The van der Waals surface area contributed by atoms with Crippen LogP contribution in [-0.4, -0.2) is 28.5 Å². The van der Waals surface area contributed by atoms with E-state index in [2.05, 4.69) is 0 Å². The van der Waals surface area contributed by atoms with Gasteiger partial charge in [0.1, 0.15) is 0 Å². The summed E-state index contributed by atoms with van der Waals surface area (Å²) in [6, 6.07) is 4.64. The summed E-state index contributed by atoms with van der Waals surface area (Å²) in [5.74, 6) is -0.0715. The third-order valence-electron chi connectivity index (χ3n) is 2.29. The quantitative estimate of drug-likeness (QED) is 0.491. The molecule has 0 amide bonds. The fraction of sp³-hybridized carbons (Fsp3) is 0.500. The van der Waals surface area contributed by atoms with Crippen molar-refractivity contribution in [2.24, 2.45) is 0 Å². The van der Waals surface area contributed by atoms with Crippen molar-refractivity contribution in [2.45, 2.75) is 25.7 Å². The van der Waals surface area contributed by atoms with Crippen LogP contribution in [-0.2, 0) is 0 Å². The van der Waals surface area contributed by atoms with Gasteiger partial charge >= 0.3 is 0 Å². The molecule has 16 heavy (non-hydrogen) atoms. The van der Waals surface area contributed by atoms with Gasteiger partial charge in [0.25, 0.3) is 0 Å². The second-order valence-electron chi connectivity index (χ2n) is 3.61. The smallest absolute Gasteiger partial charge is 0.200 e. The highest BCUT2D eigenvalue weighted by Crippen LogP contribution is 2.34. The van der Waals surface area contributed by atoms with Crippen LogP contribution in [0.3, 0.4) is 0 Å². The summed E-state index contributed by atoms with van der Waals surface area (Å²) < 4.78 is 5.33. The van der Waals surface area contributed by atoms with E-state index in [-0.39, 0.29) is 18.1 Å². The van der Waals surface area contributed by atoms with Crippen molar-refractivity contribution >= 4 is 0 Å². The number of hydrogen-bond acceptors (Lipinski definition) is 4. The topological polar surface area (TPSA) is 69.9 Å². The molecule has 1 aromatic rings. The zero-order valence-electron chi connectivity index (χ0n) is 9.22. The maximum Gasteiger partial charge on any atom is 0.200 e. The minimum Gasteiger partial charge on any atom is -0.504 e. The first-order valence-corrected chi connectivity index (χ1v) is 5.50.